The van der Waals surface area contributed by atoms with Crippen LogP contribution in [-0.2, 0) is 7.05 Å². The minimum absolute atomic E-state index is 0.434. The molecule has 3 heterocycles. The number of hydrogen-bond acceptors (Lipinski definition) is 9. The van der Waals surface area contributed by atoms with Gasteiger partial charge in [0.2, 0.25) is 16.3 Å². The summed E-state index contributed by atoms with van der Waals surface area (Å²) in [7, 11) is 1.75. The van der Waals surface area contributed by atoms with Crippen molar-refractivity contribution in [2.45, 2.75) is 17.2 Å². The lowest BCUT2D eigenvalue weighted by Crippen LogP contribution is -2.10. The van der Waals surface area contributed by atoms with Crippen LogP contribution in [0.3, 0.4) is 0 Å². The summed E-state index contributed by atoms with van der Waals surface area (Å²) < 4.78 is 3.12. The number of anilines is 1. The minimum atomic E-state index is 0.434. The van der Waals surface area contributed by atoms with Crippen molar-refractivity contribution < 1.29 is 0 Å². The molecule has 3 rings (SSSR count). The molecule has 1 N–H and O–H groups in total. The molecule has 3 aromatic rings. The molecule has 0 saturated carbocycles. The average Bonchev–Trinajstić information content (AvgIpc) is 3.12. The molecule has 0 atom stereocenters. The molecule has 0 unspecified atom stereocenters. The number of nitrogens with one attached hydrogen (secondary N) is 1. The highest BCUT2D eigenvalue weighted by Gasteiger charge is 2.12. The van der Waals surface area contributed by atoms with E-state index in [9.17, 15) is 0 Å². The molecule has 0 radical (unpaired) electrons. The molecule has 0 amide bonds. The SMILES string of the molecule is CCNc1nc(Sc2nnnn2C)nc(-n2cccn2)n1. The molecular formula is C10H12N10S. The normalized spacial score (nSPS) is 10.8. The van der Waals surface area contributed by atoms with E-state index < -0.39 is 0 Å². The summed E-state index contributed by atoms with van der Waals surface area (Å²) in [5, 5.41) is 19.5. The molecule has 0 bridgehead atoms. The minimum Gasteiger partial charge on any atom is -0.354 e. The first kappa shape index (κ1) is 13.4. The first-order valence-electron chi connectivity index (χ1n) is 6.16. The van der Waals surface area contributed by atoms with Crippen molar-refractivity contribution in [3.63, 3.8) is 0 Å². The van der Waals surface area contributed by atoms with Crippen molar-refractivity contribution in [3.05, 3.63) is 18.5 Å². The van der Waals surface area contributed by atoms with Gasteiger partial charge in [0, 0.05) is 26.0 Å². The third-order valence-corrected chi connectivity index (χ3v) is 3.30. The first-order valence-corrected chi connectivity index (χ1v) is 6.98. The second-order valence-corrected chi connectivity index (χ2v) is 4.84. The lowest BCUT2D eigenvalue weighted by atomic mass is 10.7. The maximum atomic E-state index is 4.37. The largest absolute Gasteiger partial charge is 0.354 e. The van der Waals surface area contributed by atoms with E-state index in [0.29, 0.717) is 28.8 Å². The highest BCUT2D eigenvalue weighted by molar-refractivity contribution is 7.99. The Balaban J connectivity index is 1.97. The Kier molecular flexibility index (Phi) is 3.73. The van der Waals surface area contributed by atoms with Crippen molar-refractivity contribution in [2.75, 3.05) is 11.9 Å². The Hall–Kier alpha value is -2.56. The molecule has 108 valence electrons. The van der Waals surface area contributed by atoms with Gasteiger partial charge in [-0.15, -0.1) is 5.10 Å². The highest BCUT2D eigenvalue weighted by Crippen LogP contribution is 2.22. The summed E-state index contributed by atoms with van der Waals surface area (Å²) in [6.45, 7) is 2.68. The molecule has 0 aliphatic rings. The molecule has 10 nitrogen and oxygen atoms in total. The van der Waals surface area contributed by atoms with Gasteiger partial charge in [-0.1, -0.05) is 0 Å². The first-order chi connectivity index (χ1) is 10.3. The molecule has 11 heteroatoms. The number of rotatable bonds is 5. The van der Waals surface area contributed by atoms with E-state index in [1.165, 1.54) is 11.8 Å². The molecule has 0 saturated heterocycles. The van der Waals surface area contributed by atoms with Crippen LogP contribution in [0.25, 0.3) is 5.95 Å². The number of nitrogens with zero attached hydrogens (tertiary/aromatic N) is 9. The molecular weight excluding hydrogens is 292 g/mol. The van der Waals surface area contributed by atoms with Crippen LogP contribution in [0.1, 0.15) is 6.92 Å². The van der Waals surface area contributed by atoms with Gasteiger partial charge in [0.15, 0.2) is 0 Å². The second kappa shape index (κ2) is 5.83. The Morgan fingerprint density at radius 1 is 1.29 bits per heavy atom. The van der Waals surface area contributed by atoms with Gasteiger partial charge in [-0.3, -0.25) is 0 Å². The van der Waals surface area contributed by atoms with E-state index in [1.54, 1.807) is 34.9 Å². The van der Waals surface area contributed by atoms with E-state index in [1.807, 2.05) is 6.92 Å². The summed E-state index contributed by atoms with van der Waals surface area (Å²) in [5.74, 6) is 0.916. The van der Waals surface area contributed by atoms with E-state index in [0.717, 1.165) is 0 Å². The smallest absolute Gasteiger partial charge is 0.256 e. The summed E-state index contributed by atoms with van der Waals surface area (Å²) in [6.07, 6.45) is 3.43. The predicted octanol–water partition coefficient (Wildman–Crippen LogP) is 0.164. The van der Waals surface area contributed by atoms with Crippen LogP contribution in [-0.4, -0.2) is 51.5 Å². The molecule has 21 heavy (non-hydrogen) atoms. The van der Waals surface area contributed by atoms with Crippen LogP contribution < -0.4 is 5.32 Å². The Morgan fingerprint density at radius 3 is 2.86 bits per heavy atom. The summed E-state index contributed by atoms with van der Waals surface area (Å²) >= 11 is 1.26. The monoisotopic (exact) mass is 304 g/mol. The third kappa shape index (κ3) is 2.97. The molecule has 0 aromatic carbocycles. The number of tetrazole rings is 1. The summed E-state index contributed by atoms with van der Waals surface area (Å²) in [4.78, 5) is 13.0. The average molecular weight is 304 g/mol. The van der Waals surface area contributed by atoms with Crippen LogP contribution in [0, 0.1) is 0 Å². The second-order valence-electron chi connectivity index (χ2n) is 3.91. The van der Waals surface area contributed by atoms with Gasteiger partial charge in [0.1, 0.15) is 0 Å². The fraction of sp³-hybridized carbons (Fsp3) is 0.300. The van der Waals surface area contributed by atoms with Crippen molar-refractivity contribution in [1.82, 2.24) is 44.9 Å². The maximum absolute atomic E-state index is 4.37. The zero-order chi connectivity index (χ0) is 14.7. The van der Waals surface area contributed by atoms with Crippen molar-refractivity contribution >= 4 is 17.7 Å². The van der Waals surface area contributed by atoms with Gasteiger partial charge in [0.25, 0.3) is 5.95 Å². The molecule has 0 fully saturated rings. The molecule has 0 spiro atoms. The van der Waals surface area contributed by atoms with Crippen LogP contribution in [0.5, 0.6) is 0 Å². The molecule has 0 aliphatic heterocycles. The van der Waals surface area contributed by atoms with Gasteiger partial charge in [-0.2, -0.15) is 20.1 Å². The van der Waals surface area contributed by atoms with E-state index in [-0.39, 0.29) is 0 Å². The molecule has 0 aliphatic carbocycles. The lowest BCUT2D eigenvalue weighted by Gasteiger charge is -2.06. The number of hydrogen-bond donors (Lipinski definition) is 1. The summed E-state index contributed by atoms with van der Waals surface area (Å²) in [5.41, 5.74) is 0. The van der Waals surface area contributed by atoms with Gasteiger partial charge < -0.3 is 5.32 Å². The number of aryl methyl sites for hydroxylation is 1. The predicted molar refractivity (Wildman–Crippen MR) is 74.0 cm³/mol. The Morgan fingerprint density at radius 2 is 2.19 bits per heavy atom. The van der Waals surface area contributed by atoms with Crippen molar-refractivity contribution in [2.24, 2.45) is 7.05 Å². The van der Waals surface area contributed by atoms with Gasteiger partial charge in [-0.25, -0.2) is 9.36 Å². The van der Waals surface area contributed by atoms with E-state index in [2.05, 4.69) is 40.9 Å². The van der Waals surface area contributed by atoms with Crippen molar-refractivity contribution in [3.8, 4) is 5.95 Å². The Labute approximate surface area is 124 Å². The lowest BCUT2D eigenvalue weighted by molar-refractivity contribution is 0.663. The van der Waals surface area contributed by atoms with Crippen LogP contribution in [0.4, 0.5) is 5.95 Å². The van der Waals surface area contributed by atoms with Crippen molar-refractivity contribution in [1.29, 1.82) is 0 Å². The zero-order valence-corrected chi connectivity index (χ0v) is 12.2. The zero-order valence-electron chi connectivity index (χ0n) is 11.4. The van der Waals surface area contributed by atoms with Gasteiger partial charge in [0.05, 0.1) is 0 Å². The van der Waals surface area contributed by atoms with E-state index in [4.69, 9.17) is 0 Å². The highest BCUT2D eigenvalue weighted by atomic mass is 32.2. The topological polar surface area (TPSA) is 112 Å². The standard InChI is InChI=1S/C10H12N10S/c1-3-11-7-13-8(20-6-4-5-12-20)15-9(14-7)21-10-16-17-18-19(10)2/h4-6H,3H2,1-2H3,(H,11,13,14,15). The fourth-order valence-electron chi connectivity index (χ4n) is 1.51. The number of aromatic nitrogens is 9. The molecule has 3 aromatic heterocycles. The fourth-order valence-corrected chi connectivity index (χ4v) is 2.18. The van der Waals surface area contributed by atoms with Crippen LogP contribution in [0.15, 0.2) is 28.8 Å². The third-order valence-electron chi connectivity index (χ3n) is 2.41. The summed E-state index contributed by atoms with van der Waals surface area (Å²) in [6, 6.07) is 1.80. The van der Waals surface area contributed by atoms with Gasteiger partial charge >= 0.3 is 0 Å². The van der Waals surface area contributed by atoms with E-state index >= 15 is 0 Å². The Bertz CT molecular complexity index is 721. The maximum Gasteiger partial charge on any atom is 0.256 e. The quantitative estimate of drug-likeness (QED) is 0.704. The van der Waals surface area contributed by atoms with Gasteiger partial charge in [-0.05, 0) is 35.2 Å². The van der Waals surface area contributed by atoms with Crippen LogP contribution >= 0.6 is 11.8 Å². The van der Waals surface area contributed by atoms with Crippen LogP contribution in [0.2, 0.25) is 0 Å².